The zero-order valence-corrected chi connectivity index (χ0v) is 25.8. The SMILES string of the molecule is Nc1nc2c(ncn2[C@@H]2O[C@@H]3COP(O)(=S)O[C@@H]4C(COP(=O)(S)O[C@@H]2[C@@H]3F)O[C@@H](n2cnc3c(N)ncnc32)[C@@H]4F)c(=O)[nH]1. The quantitative estimate of drug-likeness (QED) is 0.142. The number of hydrogen-bond donors (Lipinski definition) is 5. The summed E-state index contributed by atoms with van der Waals surface area (Å²) in [5.74, 6) is -0.224. The zero-order chi connectivity index (χ0) is 31.8. The number of nitrogen functional groups attached to an aromatic ring is 2. The number of nitrogens with zero attached hydrogens (tertiary/aromatic N) is 7. The standard InChI is InChI=1S/C20H22F2N10O9P2S2/c21-8-6-1-36-42(34,44)40-12-7(39-18(9(12)22)31-4-27-10-14(23)25-3-26-15(10)31)2-37-43(35,45)41-13(8)19(38-6)32-5-28-11-16(32)29-20(24)30-17(11)33/h3-9,12-13,18-19H,1-2H2,(H,34,44)(H,35,45)(H2,23,25,26)(H3,24,29,30,33)/t6-,7?,8-,9-,12-,13-,18-,19-,42?,43?/m1/s1. The third-order valence-electron chi connectivity index (χ3n) is 7.23. The minimum Gasteiger partial charge on any atom is -0.382 e. The minimum atomic E-state index is -4.49. The number of halogens is 2. The van der Waals surface area contributed by atoms with E-state index in [-0.39, 0.29) is 34.1 Å². The van der Waals surface area contributed by atoms with Crippen molar-refractivity contribution in [2.24, 2.45) is 0 Å². The van der Waals surface area contributed by atoms with Crippen LogP contribution in [0.25, 0.3) is 22.3 Å². The predicted molar refractivity (Wildman–Crippen MR) is 155 cm³/mol. The van der Waals surface area contributed by atoms with Crippen LogP contribution >= 0.6 is 25.8 Å². The average molecular weight is 711 g/mol. The molecule has 0 amide bonds. The fourth-order valence-corrected chi connectivity index (χ4v) is 8.12. The van der Waals surface area contributed by atoms with Crippen LogP contribution in [0.4, 0.5) is 20.5 Å². The fourth-order valence-electron chi connectivity index (χ4n) is 5.23. The summed E-state index contributed by atoms with van der Waals surface area (Å²) in [6.07, 6.45) is -9.83. The van der Waals surface area contributed by atoms with Gasteiger partial charge in [-0.3, -0.25) is 32.5 Å². The lowest BCUT2D eigenvalue weighted by molar-refractivity contribution is -0.0578. The molecular formula is C20H22F2N10O9P2S2. The summed E-state index contributed by atoms with van der Waals surface area (Å²) in [5, 5.41) is 0. The molecule has 4 aromatic rings. The average Bonchev–Trinajstić information content (AvgIpc) is 3.72. The summed E-state index contributed by atoms with van der Waals surface area (Å²) in [4.78, 5) is 45.5. The topological polar surface area (TPSA) is 252 Å². The van der Waals surface area contributed by atoms with Crippen molar-refractivity contribution in [1.29, 1.82) is 0 Å². The first kappa shape index (κ1) is 30.9. The molecule has 19 nitrogen and oxygen atoms in total. The van der Waals surface area contributed by atoms with Crippen molar-refractivity contribution in [3.8, 4) is 0 Å². The van der Waals surface area contributed by atoms with Gasteiger partial charge in [-0.2, -0.15) is 4.98 Å². The molecule has 4 aromatic heterocycles. The lowest BCUT2D eigenvalue weighted by Gasteiger charge is -2.26. The molecule has 3 aliphatic rings. The number of alkyl halides is 2. The molecule has 6 N–H and O–H groups in total. The van der Waals surface area contributed by atoms with Gasteiger partial charge in [-0.1, -0.05) is 12.2 Å². The molecule has 0 radical (unpaired) electrons. The van der Waals surface area contributed by atoms with Gasteiger partial charge < -0.3 is 30.4 Å². The van der Waals surface area contributed by atoms with E-state index in [9.17, 15) is 14.3 Å². The highest BCUT2D eigenvalue weighted by Gasteiger charge is 2.54. The molecule has 7 rings (SSSR count). The molecule has 0 saturated carbocycles. The minimum absolute atomic E-state index is 0.0396. The molecule has 2 bridgehead atoms. The number of nitrogens with one attached hydrogen (secondary N) is 1. The molecule has 25 heteroatoms. The van der Waals surface area contributed by atoms with Gasteiger partial charge in [0.05, 0.1) is 25.9 Å². The molecule has 3 saturated heterocycles. The Balaban J connectivity index is 1.21. The van der Waals surface area contributed by atoms with Gasteiger partial charge in [0.2, 0.25) is 5.95 Å². The van der Waals surface area contributed by atoms with E-state index in [2.05, 4.69) is 42.2 Å². The first-order valence-electron chi connectivity index (χ1n) is 12.9. The molecule has 0 aromatic carbocycles. The largest absolute Gasteiger partial charge is 0.386 e. The lowest BCUT2D eigenvalue weighted by atomic mass is 10.1. The second kappa shape index (κ2) is 11.2. The number of fused-ring (bicyclic) bond motifs is 5. The molecule has 242 valence electrons. The van der Waals surface area contributed by atoms with Gasteiger partial charge in [-0.15, -0.1) is 0 Å². The van der Waals surface area contributed by atoms with E-state index in [0.717, 1.165) is 17.2 Å². The van der Waals surface area contributed by atoms with Crippen LogP contribution in [0.5, 0.6) is 0 Å². The number of ether oxygens (including phenoxy) is 2. The van der Waals surface area contributed by atoms with Gasteiger partial charge in [0, 0.05) is 0 Å². The maximum Gasteiger partial charge on any atom is 0.386 e. The number of imidazole rings is 2. The summed E-state index contributed by atoms with van der Waals surface area (Å²) in [7, 11) is 0. The van der Waals surface area contributed by atoms with E-state index in [4.69, 9.17) is 50.8 Å². The van der Waals surface area contributed by atoms with Gasteiger partial charge in [0.15, 0.2) is 47.4 Å². The van der Waals surface area contributed by atoms with E-state index in [0.29, 0.717) is 0 Å². The van der Waals surface area contributed by atoms with Crippen LogP contribution in [0, 0.1) is 0 Å². The Hall–Kier alpha value is -2.69. The van der Waals surface area contributed by atoms with Gasteiger partial charge in [-0.25, -0.2) is 33.3 Å². The summed E-state index contributed by atoms with van der Waals surface area (Å²) < 4.78 is 81.1. The van der Waals surface area contributed by atoms with Crippen LogP contribution in [0.15, 0.2) is 23.8 Å². The maximum absolute atomic E-state index is 16.0. The van der Waals surface area contributed by atoms with E-state index in [1.165, 1.54) is 10.9 Å². The molecule has 0 aliphatic carbocycles. The molecular weight excluding hydrogens is 688 g/mol. The zero-order valence-electron chi connectivity index (χ0n) is 22.3. The summed E-state index contributed by atoms with van der Waals surface area (Å²) >= 11 is 9.11. The Kier molecular flexibility index (Phi) is 7.72. The first-order valence-corrected chi connectivity index (χ1v) is 18.2. The molecule has 0 spiro atoms. The third-order valence-corrected chi connectivity index (χ3v) is 10.4. The van der Waals surface area contributed by atoms with Crippen LogP contribution in [-0.2, 0) is 43.9 Å². The van der Waals surface area contributed by atoms with Crippen LogP contribution in [-0.4, -0.2) is 93.9 Å². The van der Waals surface area contributed by atoms with Crippen molar-refractivity contribution in [2.75, 3.05) is 24.7 Å². The molecule has 3 unspecified atom stereocenters. The summed E-state index contributed by atoms with van der Waals surface area (Å²) in [6, 6.07) is 0. The monoisotopic (exact) mass is 710 g/mol. The number of aromatic nitrogens is 8. The third kappa shape index (κ3) is 5.54. The van der Waals surface area contributed by atoms with Crippen LogP contribution < -0.4 is 17.0 Å². The second-order valence-electron chi connectivity index (χ2n) is 10.0. The molecule has 3 fully saturated rings. The highest BCUT2D eigenvalue weighted by molar-refractivity contribution is 8.44. The lowest BCUT2D eigenvalue weighted by Crippen LogP contribution is -2.34. The highest BCUT2D eigenvalue weighted by atomic mass is 32.7. The Labute approximate surface area is 259 Å². The van der Waals surface area contributed by atoms with Gasteiger partial charge in [0.25, 0.3) is 5.56 Å². The van der Waals surface area contributed by atoms with Crippen molar-refractivity contribution in [3.63, 3.8) is 0 Å². The Morgan fingerprint density at radius 1 is 0.956 bits per heavy atom. The highest BCUT2D eigenvalue weighted by Crippen LogP contribution is 2.59. The van der Waals surface area contributed by atoms with Crippen molar-refractivity contribution >= 4 is 71.7 Å². The van der Waals surface area contributed by atoms with Crippen molar-refractivity contribution < 1.29 is 45.8 Å². The molecule has 10 atom stereocenters. The van der Waals surface area contributed by atoms with E-state index in [1.807, 2.05) is 0 Å². The number of H-pyrrole nitrogens is 1. The summed E-state index contributed by atoms with van der Waals surface area (Å²) in [6.45, 7) is -10.2. The van der Waals surface area contributed by atoms with Gasteiger partial charge >= 0.3 is 13.5 Å². The van der Waals surface area contributed by atoms with Crippen LogP contribution in [0.2, 0.25) is 0 Å². The Morgan fingerprint density at radius 3 is 2.42 bits per heavy atom. The molecule has 3 aliphatic heterocycles. The van der Waals surface area contributed by atoms with E-state index >= 15 is 8.78 Å². The molecule has 7 heterocycles. The molecule has 45 heavy (non-hydrogen) atoms. The number of hydrogen-bond acceptors (Lipinski definition) is 16. The number of thiol groups is 1. The fraction of sp³-hybridized carbons (Fsp3) is 0.500. The number of rotatable bonds is 2. The predicted octanol–water partition coefficient (Wildman–Crippen LogP) is 0.667. The number of aromatic amines is 1. The van der Waals surface area contributed by atoms with Crippen molar-refractivity contribution in [1.82, 2.24) is 39.0 Å². The smallest absolute Gasteiger partial charge is 0.382 e. The van der Waals surface area contributed by atoms with Crippen LogP contribution in [0.3, 0.4) is 0 Å². The normalized spacial score (nSPS) is 37.7. The second-order valence-corrected chi connectivity index (χ2v) is 15.7. The van der Waals surface area contributed by atoms with E-state index < -0.39 is 81.5 Å². The van der Waals surface area contributed by atoms with Crippen molar-refractivity contribution in [3.05, 3.63) is 29.3 Å². The first-order chi connectivity index (χ1) is 21.3. The summed E-state index contributed by atoms with van der Waals surface area (Å²) in [5.41, 5.74) is 10.9. The van der Waals surface area contributed by atoms with E-state index in [1.54, 1.807) is 0 Å². The van der Waals surface area contributed by atoms with Crippen molar-refractivity contribution in [2.45, 2.75) is 49.2 Å². The number of anilines is 2. The van der Waals surface area contributed by atoms with Gasteiger partial charge in [-0.05, 0) is 11.8 Å². The Morgan fingerprint density at radius 2 is 1.64 bits per heavy atom. The van der Waals surface area contributed by atoms with Crippen LogP contribution in [0.1, 0.15) is 12.5 Å². The van der Waals surface area contributed by atoms with Gasteiger partial charge in [0.1, 0.15) is 36.3 Å². The number of nitrogens with two attached hydrogens (primary N) is 2. The maximum atomic E-state index is 16.0. The Bertz CT molecular complexity index is 1950.